The zero-order valence-electron chi connectivity index (χ0n) is 12.6. The molecule has 2 unspecified atom stereocenters. The molecule has 1 aliphatic rings. The lowest BCUT2D eigenvalue weighted by atomic mass is 9.92. The van der Waals surface area contributed by atoms with Gasteiger partial charge in [-0.05, 0) is 36.0 Å². The van der Waals surface area contributed by atoms with E-state index in [0.29, 0.717) is 23.9 Å². The number of nitrogens with zero attached hydrogens (tertiary/aromatic N) is 1. The van der Waals surface area contributed by atoms with Crippen molar-refractivity contribution in [1.82, 2.24) is 10.2 Å². The molecular weight excluding hydrogens is 266 g/mol. The van der Waals surface area contributed by atoms with E-state index in [1.165, 1.54) is 6.42 Å². The van der Waals surface area contributed by atoms with Crippen LogP contribution in [0.2, 0.25) is 0 Å². The van der Waals surface area contributed by atoms with Crippen LogP contribution in [0.3, 0.4) is 0 Å². The lowest BCUT2D eigenvalue weighted by Gasteiger charge is -2.34. The Bertz CT molecular complexity index is 520. The van der Waals surface area contributed by atoms with Gasteiger partial charge in [0.25, 0.3) is 0 Å². The number of carbonyl (C=O) groups is 2. The van der Waals surface area contributed by atoms with Crippen molar-refractivity contribution in [2.75, 3.05) is 13.1 Å². The van der Waals surface area contributed by atoms with E-state index in [1.807, 2.05) is 11.0 Å². The van der Waals surface area contributed by atoms with Crippen molar-refractivity contribution in [2.45, 2.75) is 26.8 Å². The number of likely N-dealkylation sites (tertiary alicyclic amines) is 1. The topological polar surface area (TPSA) is 75.4 Å². The summed E-state index contributed by atoms with van der Waals surface area (Å²) in [5.41, 5.74) is 6.58. The Morgan fingerprint density at radius 3 is 2.57 bits per heavy atom. The van der Waals surface area contributed by atoms with Crippen molar-refractivity contribution in [1.29, 1.82) is 0 Å². The first-order chi connectivity index (χ1) is 9.95. The number of benzene rings is 1. The third-order valence-corrected chi connectivity index (χ3v) is 3.81. The van der Waals surface area contributed by atoms with Gasteiger partial charge in [0.2, 0.25) is 5.91 Å². The highest BCUT2D eigenvalue weighted by Gasteiger charge is 2.25. The molecule has 0 radical (unpaired) electrons. The summed E-state index contributed by atoms with van der Waals surface area (Å²) in [4.78, 5) is 25.2. The molecule has 2 atom stereocenters. The maximum Gasteiger partial charge on any atom is 0.317 e. The van der Waals surface area contributed by atoms with Gasteiger partial charge in [-0.15, -0.1) is 0 Å². The third kappa shape index (κ3) is 4.21. The molecule has 21 heavy (non-hydrogen) atoms. The monoisotopic (exact) mass is 289 g/mol. The number of carbonyl (C=O) groups excluding carboxylic acids is 2. The zero-order valence-corrected chi connectivity index (χ0v) is 12.6. The van der Waals surface area contributed by atoms with E-state index in [1.54, 1.807) is 18.2 Å². The van der Waals surface area contributed by atoms with Crippen molar-refractivity contribution in [3.63, 3.8) is 0 Å². The smallest absolute Gasteiger partial charge is 0.317 e. The highest BCUT2D eigenvalue weighted by Crippen LogP contribution is 2.20. The van der Waals surface area contributed by atoms with Crippen molar-refractivity contribution >= 4 is 11.9 Å². The molecule has 2 rings (SSSR count). The van der Waals surface area contributed by atoms with Gasteiger partial charge in [0.05, 0.1) is 0 Å². The molecule has 0 aliphatic carbocycles. The molecule has 3 N–H and O–H groups in total. The molecule has 1 aliphatic heterocycles. The van der Waals surface area contributed by atoms with E-state index < -0.39 is 5.91 Å². The van der Waals surface area contributed by atoms with Crippen LogP contribution in [-0.2, 0) is 6.54 Å². The van der Waals surface area contributed by atoms with E-state index in [-0.39, 0.29) is 6.03 Å². The molecule has 0 spiro atoms. The van der Waals surface area contributed by atoms with Crippen LogP contribution < -0.4 is 11.1 Å². The molecule has 5 heteroatoms. The summed E-state index contributed by atoms with van der Waals surface area (Å²) in [5.74, 6) is 0.622. The largest absolute Gasteiger partial charge is 0.366 e. The SMILES string of the molecule is CC1CC(C)CN(C(=O)NCc2cccc(C(N)=O)c2)C1. The van der Waals surface area contributed by atoms with Gasteiger partial charge in [0, 0.05) is 25.2 Å². The fourth-order valence-corrected chi connectivity index (χ4v) is 2.95. The number of hydrogen-bond donors (Lipinski definition) is 2. The zero-order chi connectivity index (χ0) is 15.4. The highest BCUT2D eigenvalue weighted by atomic mass is 16.2. The number of rotatable bonds is 3. The molecule has 1 fully saturated rings. The Morgan fingerprint density at radius 2 is 1.95 bits per heavy atom. The van der Waals surface area contributed by atoms with Gasteiger partial charge in [-0.2, -0.15) is 0 Å². The van der Waals surface area contributed by atoms with Crippen LogP contribution >= 0.6 is 0 Å². The Kier molecular flexibility index (Phi) is 4.83. The highest BCUT2D eigenvalue weighted by molar-refractivity contribution is 5.92. The minimum Gasteiger partial charge on any atom is -0.366 e. The summed E-state index contributed by atoms with van der Waals surface area (Å²) in [6.07, 6.45) is 1.17. The van der Waals surface area contributed by atoms with Crippen molar-refractivity contribution in [2.24, 2.45) is 17.6 Å². The quantitative estimate of drug-likeness (QED) is 0.892. The second-order valence-corrected chi connectivity index (χ2v) is 6.07. The summed E-state index contributed by atoms with van der Waals surface area (Å²) >= 11 is 0. The van der Waals surface area contributed by atoms with E-state index in [9.17, 15) is 9.59 Å². The summed E-state index contributed by atoms with van der Waals surface area (Å²) in [6.45, 7) is 6.35. The van der Waals surface area contributed by atoms with Crippen LogP contribution in [0.4, 0.5) is 4.79 Å². The van der Waals surface area contributed by atoms with Crippen LogP contribution in [0.5, 0.6) is 0 Å². The molecule has 0 saturated carbocycles. The summed E-state index contributed by atoms with van der Waals surface area (Å²) in [5, 5.41) is 2.91. The van der Waals surface area contributed by atoms with Gasteiger partial charge >= 0.3 is 6.03 Å². The number of piperidine rings is 1. The number of primary amides is 1. The number of nitrogens with two attached hydrogens (primary N) is 1. The molecule has 0 bridgehead atoms. The van der Waals surface area contributed by atoms with E-state index in [2.05, 4.69) is 19.2 Å². The fraction of sp³-hybridized carbons (Fsp3) is 0.500. The molecular formula is C16H23N3O2. The third-order valence-electron chi connectivity index (χ3n) is 3.81. The molecule has 0 aromatic heterocycles. The second-order valence-electron chi connectivity index (χ2n) is 6.07. The summed E-state index contributed by atoms with van der Waals surface area (Å²) in [7, 11) is 0. The molecule has 1 heterocycles. The Hall–Kier alpha value is -2.04. The van der Waals surface area contributed by atoms with Crippen molar-refractivity contribution in [3.8, 4) is 0 Å². The van der Waals surface area contributed by atoms with E-state index in [0.717, 1.165) is 18.7 Å². The van der Waals surface area contributed by atoms with Gasteiger partial charge in [-0.25, -0.2) is 4.79 Å². The Morgan fingerprint density at radius 1 is 1.29 bits per heavy atom. The van der Waals surface area contributed by atoms with Gasteiger partial charge in [-0.3, -0.25) is 4.79 Å². The molecule has 114 valence electrons. The minimum absolute atomic E-state index is 0.0436. The Balaban J connectivity index is 1.92. The first-order valence-electron chi connectivity index (χ1n) is 7.37. The molecule has 1 aromatic rings. The Labute approximate surface area is 125 Å². The van der Waals surface area contributed by atoms with Crippen LogP contribution in [0, 0.1) is 11.8 Å². The van der Waals surface area contributed by atoms with Crippen LogP contribution in [0.1, 0.15) is 36.2 Å². The lowest BCUT2D eigenvalue weighted by molar-refractivity contribution is 0.1000. The van der Waals surface area contributed by atoms with Crippen molar-refractivity contribution in [3.05, 3.63) is 35.4 Å². The maximum absolute atomic E-state index is 12.2. The maximum atomic E-state index is 12.2. The number of hydrogen-bond acceptors (Lipinski definition) is 2. The average Bonchev–Trinajstić information content (AvgIpc) is 2.44. The van der Waals surface area contributed by atoms with Gasteiger partial charge in [0.15, 0.2) is 0 Å². The van der Waals surface area contributed by atoms with Crippen LogP contribution in [0.25, 0.3) is 0 Å². The van der Waals surface area contributed by atoms with E-state index in [4.69, 9.17) is 5.73 Å². The predicted octanol–water partition coefficient (Wildman–Crippen LogP) is 1.97. The lowest BCUT2D eigenvalue weighted by Crippen LogP contribution is -2.47. The second kappa shape index (κ2) is 6.61. The normalized spacial score (nSPS) is 21.9. The van der Waals surface area contributed by atoms with Crippen LogP contribution in [0.15, 0.2) is 24.3 Å². The van der Waals surface area contributed by atoms with Crippen molar-refractivity contribution < 1.29 is 9.59 Å². The predicted molar refractivity (Wildman–Crippen MR) is 81.7 cm³/mol. The minimum atomic E-state index is -0.457. The summed E-state index contributed by atoms with van der Waals surface area (Å²) < 4.78 is 0. The first-order valence-corrected chi connectivity index (χ1v) is 7.37. The number of amides is 3. The van der Waals surface area contributed by atoms with Gasteiger partial charge in [0.1, 0.15) is 0 Å². The fourth-order valence-electron chi connectivity index (χ4n) is 2.95. The molecule has 1 saturated heterocycles. The first kappa shape index (κ1) is 15.4. The number of nitrogens with one attached hydrogen (secondary N) is 1. The molecule has 1 aromatic carbocycles. The van der Waals surface area contributed by atoms with Gasteiger partial charge in [-0.1, -0.05) is 26.0 Å². The molecule has 5 nitrogen and oxygen atoms in total. The van der Waals surface area contributed by atoms with Gasteiger partial charge < -0.3 is 16.0 Å². The van der Waals surface area contributed by atoms with Crippen LogP contribution in [-0.4, -0.2) is 29.9 Å². The number of urea groups is 1. The summed E-state index contributed by atoms with van der Waals surface area (Å²) in [6, 6.07) is 6.98. The molecule has 3 amide bonds. The standard InChI is InChI=1S/C16H23N3O2/c1-11-6-12(2)10-19(9-11)16(21)18-8-13-4-3-5-14(7-13)15(17)20/h3-5,7,11-12H,6,8-10H2,1-2H3,(H2,17,20)(H,18,21). The van der Waals surface area contributed by atoms with E-state index >= 15 is 0 Å². The average molecular weight is 289 g/mol.